The molecule has 0 bridgehead atoms. The van der Waals surface area contributed by atoms with Crippen molar-refractivity contribution >= 4 is 39.0 Å². The second kappa shape index (κ2) is 7.04. The first kappa shape index (κ1) is 15.3. The van der Waals surface area contributed by atoms with Crippen molar-refractivity contribution in [2.45, 2.75) is 6.92 Å². The van der Waals surface area contributed by atoms with Gasteiger partial charge in [-0.2, -0.15) is 0 Å². The number of anilines is 2. The number of carbonyl (C=O) groups excluding carboxylic acids is 2. The molecule has 1 amide bonds. The van der Waals surface area contributed by atoms with Crippen LogP contribution in [0.4, 0.5) is 11.4 Å². The molecule has 0 aromatic heterocycles. The lowest BCUT2D eigenvalue weighted by Gasteiger charge is -2.08. The number of nitrogens with one attached hydrogen (secondary N) is 2. The number of ketones is 1. The van der Waals surface area contributed by atoms with Crippen LogP contribution in [0.2, 0.25) is 0 Å². The molecular formula is C16H15BrN2O2. The molecule has 21 heavy (non-hydrogen) atoms. The molecule has 0 aliphatic rings. The van der Waals surface area contributed by atoms with Crippen molar-refractivity contribution in [2.24, 2.45) is 0 Å². The van der Waals surface area contributed by atoms with Gasteiger partial charge in [0.2, 0.25) is 5.91 Å². The minimum atomic E-state index is -0.171. The molecule has 0 saturated heterocycles. The summed E-state index contributed by atoms with van der Waals surface area (Å²) in [5.41, 5.74) is 2.05. The van der Waals surface area contributed by atoms with Crippen LogP contribution < -0.4 is 10.6 Å². The first-order valence-corrected chi connectivity index (χ1v) is 7.24. The summed E-state index contributed by atoms with van der Waals surface area (Å²) in [5.74, 6) is -0.200. The molecule has 0 aliphatic carbocycles. The molecule has 0 spiro atoms. The standard InChI is InChI=1S/C16H15BrN2O2/c1-11(20)12-4-2-7-15(8-12)19-16(21)10-18-14-6-3-5-13(17)9-14/h2-9,18H,10H2,1H3,(H,19,21). The zero-order valence-electron chi connectivity index (χ0n) is 11.5. The zero-order chi connectivity index (χ0) is 15.2. The summed E-state index contributed by atoms with van der Waals surface area (Å²) in [4.78, 5) is 23.2. The van der Waals surface area contributed by atoms with Gasteiger partial charge in [0.1, 0.15) is 0 Å². The summed E-state index contributed by atoms with van der Waals surface area (Å²) >= 11 is 3.37. The van der Waals surface area contributed by atoms with Crippen molar-refractivity contribution in [1.82, 2.24) is 0 Å². The monoisotopic (exact) mass is 346 g/mol. The maximum Gasteiger partial charge on any atom is 0.243 e. The highest BCUT2D eigenvalue weighted by atomic mass is 79.9. The van der Waals surface area contributed by atoms with E-state index in [1.807, 2.05) is 24.3 Å². The Balaban J connectivity index is 1.93. The molecular weight excluding hydrogens is 332 g/mol. The summed E-state index contributed by atoms with van der Waals surface area (Å²) in [5, 5.41) is 5.79. The summed E-state index contributed by atoms with van der Waals surface area (Å²) in [7, 11) is 0. The summed E-state index contributed by atoms with van der Waals surface area (Å²) < 4.78 is 0.946. The second-order valence-electron chi connectivity index (χ2n) is 4.55. The number of benzene rings is 2. The predicted molar refractivity (Wildman–Crippen MR) is 87.7 cm³/mol. The Morgan fingerprint density at radius 1 is 1.05 bits per heavy atom. The maximum atomic E-state index is 11.9. The van der Waals surface area contributed by atoms with E-state index < -0.39 is 0 Å². The van der Waals surface area contributed by atoms with Crippen LogP contribution in [0.3, 0.4) is 0 Å². The van der Waals surface area contributed by atoms with Gasteiger partial charge in [-0.3, -0.25) is 9.59 Å². The Bertz CT molecular complexity index is 671. The fourth-order valence-corrected chi connectivity index (χ4v) is 2.20. The van der Waals surface area contributed by atoms with Crippen LogP contribution in [0.1, 0.15) is 17.3 Å². The van der Waals surface area contributed by atoms with Crippen molar-refractivity contribution in [3.8, 4) is 0 Å². The van der Waals surface area contributed by atoms with E-state index in [2.05, 4.69) is 26.6 Å². The van der Waals surface area contributed by atoms with Gasteiger partial charge in [-0.1, -0.05) is 34.1 Å². The summed E-state index contributed by atoms with van der Waals surface area (Å²) in [6.07, 6.45) is 0. The summed E-state index contributed by atoms with van der Waals surface area (Å²) in [6.45, 7) is 1.65. The summed E-state index contributed by atoms with van der Waals surface area (Å²) in [6, 6.07) is 14.5. The number of hydrogen-bond donors (Lipinski definition) is 2. The molecule has 0 atom stereocenters. The molecule has 0 radical (unpaired) electrons. The third-order valence-corrected chi connectivity index (χ3v) is 3.32. The van der Waals surface area contributed by atoms with Gasteiger partial charge in [0.05, 0.1) is 6.54 Å². The average Bonchev–Trinajstić information content (AvgIpc) is 2.45. The number of carbonyl (C=O) groups is 2. The zero-order valence-corrected chi connectivity index (χ0v) is 13.1. The van der Waals surface area contributed by atoms with Gasteiger partial charge in [0, 0.05) is 21.4 Å². The molecule has 4 nitrogen and oxygen atoms in total. The van der Waals surface area contributed by atoms with Gasteiger partial charge in [0.15, 0.2) is 5.78 Å². The van der Waals surface area contributed by atoms with Gasteiger partial charge in [-0.05, 0) is 37.3 Å². The van der Waals surface area contributed by atoms with Gasteiger partial charge < -0.3 is 10.6 Å². The lowest BCUT2D eigenvalue weighted by Crippen LogP contribution is -2.21. The maximum absolute atomic E-state index is 11.9. The number of hydrogen-bond acceptors (Lipinski definition) is 3. The van der Waals surface area contributed by atoms with Crippen LogP contribution in [-0.4, -0.2) is 18.2 Å². The van der Waals surface area contributed by atoms with E-state index in [1.54, 1.807) is 24.3 Å². The molecule has 5 heteroatoms. The van der Waals surface area contributed by atoms with Gasteiger partial charge in [0.25, 0.3) is 0 Å². The third kappa shape index (κ3) is 4.72. The van der Waals surface area contributed by atoms with E-state index in [1.165, 1.54) is 6.92 Å². The Morgan fingerprint density at radius 2 is 1.76 bits per heavy atom. The van der Waals surface area contributed by atoms with E-state index in [0.717, 1.165) is 10.2 Å². The minimum absolute atomic E-state index is 0.0293. The normalized spacial score (nSPS) is 10.0. The molecule has 0 aliphatic heterocycles. The van der Waals surface area contributed by atoms with Crippen molar-refractivity contribution in [1.29, 1.82) is 0 Å². The topological polar surface area (TPSA) is 58.2 Å². The van der Waals surface area contributed by atoms with Gasteiger partial charge >= 0.3 is 0 Å². The van der Waals surface area contributed by atoms with E-state index in [4.69, 9.17) is 0 Å². The van der Waals surface area contributed by atoms with Crippen LogP contribution in [0.5, 0.6) is 0 Å². The predicted octanol–water partition coefficient (Wildman–Crippen LogP) is 3.70. The molecule has 2 rings (SSSR count). The third-order valence-electron chi connectivity index (χ3n) is 2.83. The van der Waals surface area contributed by atoms with Crippen LogP contribution in [0, 0.1) is 0 Å². The largest absolute Gasteiger partial charge is 0.376 e. The van der Waals surface area contributed by atoms with Crippen LogP contribution in [-0.2, 0) is 4.79 Å². The molecule has 0 saturated carbocycles. The highest BCUT2D eigenvalue weighted by Crippen LogP contribution is 2.15. The fraction of sp³-hybridized carbons (Fsp3) is 0.125. The minimum Gasteiger partial charge on any atom is -0.376 e. The van der Waals surface area contributed by atoms with Crippen molar-refractivity contribution < 1.29 is 9.59 Å². The highest BCUT2D eigenvalue weighted by Gasteiger charge is 2.05. The van der Waals surface area contributed by atoms with E-state index in [0.29, 0.717) is 11.3 Å². The van der Waals surface area contributed by atoms with E-state index >= 15 is 0 Å². The molecule has 0 unspecified atom stereocenters. The number of halogens is 1. The molecule has 108 valence electrons. The van der Waals surface area contributed by atoms with Crippen molar-refractivity contribution in [2.75, 3.05) is 17.2 Å². The van der Waals surface area contributed by atoms with Crippen LogP contribution >= 0.6 is 15.9 Å². The van der Waals surface area contributed by atoms with Crippen LogP contribution in [0.15, 0.2) is 53.0 Å². The van der Waals surface area contributed by atoms with E-state index in [-0.39, 0.29) is 18.2 Å². The number of Topliss-reactive ketones (excluding diaryl/α,β-unsaturated/α-hetero) is 1. The smallest absolute Gasteiger partial charge is 0.243 e. The fourth-order valence-electron chi connectivity index (χ4n) is 1.80. The van der Waals surface area contributed by atoms with Gasteiger partial charge in [-0.25, -0.2) is 0 Å². The highest BCUT2D eigenvalue weighted by molar-refractivity contribution is 9.10. The lowest BCUT2D eigenvalue weighted by atomic mass is 10.1. The molecule has 0 fully saturated rings. The van der Waals surface area contributed by atoms with Crippen molar-refractivity contribution in [3.05, 3.63) is 58.6 Å². The molecule has 2 N–H and O–H groups in total. The Kier molecular flexibility index (Phi) is 5.11. The molecule has 2 aromatic rings. The molecule has 0 heterocycles. The van der Waals surface area contributed by atoms with Crippen molar-refractivity contribution in [3.63, 3.8) is 0 Å². The second-order valence-corrected chi connectivity index (χ2v) is 5.46. The Hall–Kier alpha value is -2.14. The first-order valence-electron chi connectivity index (χ1n) is 6.45. The Morgan fingerprint density at radius 3 is 2.48 bits per heavy atom. The lowest BCUT2D eigenvalue weighted by molar-refractivity contribution is -0.114. The van der Waals surface area contributed by atoms with Gasteiger partial charge in [-0.15, -0.1) is 0 Å². The molecule has 2 aromatic carbocycles. The first-order chi connectivity index (χ1) is 10.0. The SMILES string of the molecule is CC(=O)c1cccc(NC(=O)CNc2cccc(Br)c2)c1. The number of rotatable bonds is 5. The number of amides is 1. The van der Waals surface area contributed by atoms with Crippen LogP contribution in [0.25, 0.3) is 0 Å². The average molecular weight is 347 g/mol. The van der Waals surface area contributed by atoms with E-state index in [9.17, 15) is 9.59 Å². The quantitative estimate of drug-likeness (QED) is 0.811. The Labute approximate surface area is 131 Å².